The van der Waals surface area contributed by atoms with E-state index in [9.17, 15) is 5.11 Å². The van der Waals surface area contributed by atoms with Gasteiger partial charge in [0.15, 0.2) is 11.5 Å². The molecule has 0 unspecified atom stereocenters. The molecule has 0 radical (unpaired) electrons. The van der Waals surface area contributed by atoms with Crippen molar-refractivity contribution in [3.05, 3.63) is 21.7 Å². The van der Waals surface area contributed by atoms with E-state index in [1.54, 1.807) is 13.0 Å². The lowest BCUT2D eigenvalue weighted by molar-refractivity contribution is 0.370. The maximum atomic E-state index is 9.57. The highest BCUT2D eigenvalue weighted by Gasteiger charge is 2.14. The number of hydrogen-bond acceptors (Lipinski definition) is 3. The summed E-state index contributed by atoms with van der Waals surface area (Å²) in [5.74, 6) is 0.180. The van der Waals surface area contributed by atoms with Crippen LogP contribution >= 0.6 is 15.9 Å². The molecule has 0 amide bonds. The van der Waals surface area contributed by atoms with Gasteiger partial charge in [0.25, 0.3) is 0 Å². The zero-order chi connectivity index (χ0) is 10.0. The van der Waals surface area contributed by atoms with Crippen LogP contribution in [0.4, 0.5) is 0 Å². The predicted molar refractivity (Wildman–Crippen MR) is 51.8 cm³/mol. The van der Waals surface area contributed by atoms with Gasteiger partial charge in [0.2, 0.25) is 0 Å². The van der Waals surface area contributed by atoms with Crippen molar-refractivity contribution < 1.29 is 9.84 Å². The fourth-order valence-corrected chi connectivity index (χ4v) is 1.77. The summed E-state index contributed by atoms with van der Waals surface area (Å²) in [6.45, 7) is 1.75. The summed E-state index contributed by atoms with van der Waals surface area (Å²) in [6, 6.07) is 3.65. The van der Waals surface area contributed by atoms with Gasteiger partial charge in [-0.05, 0) is 34.5 Å². The summed E-state index contributed by atoms with van der Waals surface area (Å²) in [4.78, 5) is 0. The molecular weight excluding hydrogens is 234 g/mol. The highest BCUT2D eigenvalue weighted by atomic mass is 79.9. The van der Waals surface area contributed by atoms with Gasteiger partial charge in [0, 0.05) is 0 Å². The average molecular weight is 242 g/mol. The van der Waals surface area contributed by atoms with E-state index in [-0.39, 0.29) is 11.3 Å². The third kappa shape index (κ3) is 1.61. The molecule has 0 aliphatic carbocycles. The number of nitriles is 1. The largest absolute Gasteiger partial charge is 0.503 e. The Morgan fingerprint density at radius 1 is 1.62 bits per heavy atom. The van der Waals surface area contributed by atoms with Crippen LogP contribution in [0.2, 0.25) is 0 Å². The first-order valence-electron chi connectivity index (χ1n) is 3.58. The Balaban J connectivity index is 3.51. The minimum atomic E-state index is -0.114. The van der Waals surface area contributed by atoms with Crippen LogP contribution in [0.15, 0.2) is 10.5 Å². The number of hydrogen-bond donors (Lipinski definition) is 1. The molecule has 3 nitrogen and oxygen atoms in total. The molecule has 0 spiro atoms. The van der Waals surface area contributed by atoms with E-state index in [1.807, 2.05) is 6.07 Å². The molecule has 0 aromatic heterocycles. The Morgan fingerprint density at radius 2 is 2.23 bits per heavy atom. The van der Waals surface area contributed by atoms with Gasteiger partial charge in [-0.25, -0.2) is 0 Å². The fraction of sp³-hybridized carbons (Fsp3) is 0.222. The molecule has 4 heteroatoms. The van der Waals surface area contributed by atoms with Gasteiger partial charge >= 0.3 is 0 Å². The summed E-state index contributed by atoms with van der Waals surface area (Å²) in [7, 11) is 1.44. The number of nitrogens with zero attached hydrogens (tertiary/aromatic N) is 1. The number of benzene rings is 1. The summed E-state index contributed by atoms with van der Waals surface area (Å²) in [6.07, 6.45) is 0. The van der Waals surface area contributed by atoms with Crippen LogP contribution in [-0.4, -0.2) is 12.2 Å². The van der Waals surface area contributed by atoms with Gasteiger partial charge in [0.1, 0.15) is 11.6 Å². The summed E-state index contributed by atoms with van der Waals surface area (Å²) in [5, 5.41) is 18.3. The molecule has 13 heavy (non-hydrogen) atoms. The number of phenolic OH excluding ortho intramolecular Hbond substituents is 1. The molecule has 0 atom stereocenters. The minimum Gasteiger partial charge on any atom is -0.503 e. The lowest BCUT2D eigenvalue weighted by Crippen LogP contribution is -1.91. The number of phenols is 1. The Morgan fingerprint density at radius 3 is 2.69 bits per heavy atom. The second-order valence-corrected chi connectivity index (χ2v) is 3.40. The molecular formula is C9H8BrNO2. The van der Waals surface area contributed by atoms with Crippen LogP contribution < -0.4 is 4.74 Å². The molecule has 0 aliphatic heterocycles. The van der Waals surface area contributed by atoms with Gasteiger partial charge in [-0.2, -0.15) is 5.26 Å². The Labute approximate surface area is 84.7 Å². The first kappa shape index (κ1) is 9.87. The maximum Gasteiger partial charge on any atom is 0.177 e. The van der Waals surface area contributed by atoms with E-state index in [0.717, 1.165) is 0 Å². The molecule has 0 saturated carbocycles. The zero-order valence-corrected chi connectivity index (χ0v) is 8.84. The van der Waals surface area contributed by atoms with Crippen LogP contribution in [0, 0.1) is 18.3 Å². The monoisotopic (exact) mass is 241 g/mol. The molecule has 1 aromatic rings. The van der Waals surface area contributed by atoms with Crippen molar-refractivity contribution in [2.75, 3.05) is 7.11 Å². The molecule has 68 valence electrons. The Hall–Kier alpha value is -1.21. The van der Waals surface area contributed by atoms with Crippen LogP contribution in [0.1, 0.15) is 11.1 Å². The van der Waals surface area contributed by atoms with Gasteiger partial charge in [0.05, 0.1) is 11.6 Å². The van der Waals surface area contributed by atoms with Crippen molar-refractivity contribution in [2.24, 2.45) is 0 Å². The van der Waals surface area contributed by atoms with E-state index >= 15 is 0 Å². The summed E-state index contributed by atoms with van der Waals surface area (Å²) >= 11 is 3.23. The van der Waals surface area contributed by atoms with Crippen molar-refractivity contribution in [1.82, 2.24) is 0 Å². The molecule has 1 N–H and O–H groups in total. The summed E-state index contributed by atoms with van der Waals surface area (Å²) < 4.78 is 5.57. The molecule has 1 aromatic carbocycles. The predicted octanol–water partition coefficient (Wildman–Crippen LogP) is 2.34. The van der Waals surface area contributed by atoms with Gasteiger partial charge in [-0.15, -0.1) is 0 Å². The number of ether oxygens (including phenoxy) is 1. The van der Waals surface area contributed by atoms with Crippen LogP contribution in [0.5, 0.6) is 11.5 Å². The fourth-order valence-electron chi connectivity index (χ4n) is 1.08. The van der Waals surface area contributed by atoms with Crippen LogP contribution in [0.25, 0.3) is 0 Å². The van der Waals surface area contributed by atoms with Crippen LogP contribution in [-0.2, 0) is 0 Å². The van der Waals surface area contributed by atoms with Crippen molar-refractivity contribution >= 4 is 15.9 Å². The second-order valence-electron chi connectivity index (χ2n) is 2.54. The van der Waals surface area contributed by atoms with Crippen molar-refractivity contribution in [3.63, 3.8) is 0 Å². The average Bonchev–Trinajstić information content (AvgIpc) is 2.04. The number of halogens is 1. The molecule has 0 heterocycles. The van der Waals surface area contributed by atoms with E-state index in [1.165, 1.54) is 7.11 Å². The maximum absolute atomic E-state index is 9.57. The van der Waals surface area contributed by atoms with Gasteiger partial charge in [-0.1, -0.05) is 0 Å². The first-order valence-corrected chi connectivity index (χ1v) is 4.37. The SMILES string of the molecule is COc1c(Br)cc(C)c(C#N)c1O. The molecule has 1 rings (SSSR count). The number of rotatable bonds is 1. The van der Waals surface area contributed by atoms with E-state index in [4.69, 9.17) is 10.00 Å². The van der Waals surface area contributed by atoms with Crippen molar-refractivity contribution in [1.29, 1.82) is 5.26 Å². The molecule has 0 aliphatic rings. The second kappa shape index (κ2) is 3.67. The van der Waals surface area contributed by atoms with E-state index in [2.05, 4.69) is 15.9 Å². The number of aryl methyl sites for hydroxylation is 1. The highest BCUT2D eigenvalue weighted by Crippen LogP contribution is 2.38. The smallest absolute Gasteiger partial charge is 0.177 e. The van der Waals surface area contributed by atoms with Crippen molar-refractivity contribution in [3.8, 4) is 17.6 Å². The lowest BCUT2D eigenvalue weighted by Gasteiger charge is -2.08. The minimum absolute atomic E-state index is 0.114. The third-order valence-electron chi connectivity index (χ3n) is 1.72. The molecule has 0 saturated heterocycles. The highest BCUT2D eigenvalue weighted by molar-refractivity contribution is 9.10. The molecule has 0 bridgehead atoms. The first-order chi connectivity index (χ1) is 6.11. The third-order valence-corrected chi connectivity index (χ3v) is 2.31. The van der Waals surface area contributed by atoms with Crippen LogP contribution in [0.3, 0.4) is 0 Å². The normalized spacial score (nSPS) is 9.38. The zero-order valence-electron chi connectivity index (χ0n) is 7.26. The van der Waals surface area contributed by atoms with Crippen molar-refractivity contribution in [2.45, 2.75) is 6.92 Å². The van der Waals surface area contributed by atoms with E-state index in [0.29, 0.717) is 15.8 Å². The number of methoxy groups -OCH3 is 1. The topological polar surface area (TPSA) is 53.2 Å². The summed E-state index contributed by atoms with van der Waals surface area (Å²) in [5.41, 5.74) is 0.965. The van der Waals surface area contributed by atoms with E-state index < -0.39 is 0 Å². The standard InChI is InChI=1S/C9H8BrNO2/c1-5-3-7(10)9(13-2)8(12)6(5)4-11/h3,12H,1-2H3. The Bertz CT molecular complexity index is 382. The lowest BCUT2D eigenvalue weighted by atomic mass is 10.1. The molecule has 0 fully saturated rings. The van der Waals surface area contributed by atoms with Gasteiger partial charge < -0.3 is 9.84 Å². The van der Waals surface area contributed by atoms with Gasteiger partial charge in [-0.3, -0.25) is 0 Å². The quantitative estimate of drug-likeness (QED) is 0.822. The Kier molecular flexibility index (Phi) is 2.79. The number of aromatic hydroxyl groups is 1.